The highest BCUT2D eigenvalue weighted by Crippen LogP contribution is 2.31. The molecule has 2 N–H and O–H groups in total. The lowest BCUT2D eigenvalue weighted by Gasteiger charge is -2.11. The second kappa shape index (κ2) is 7.40. The SMILES string of the molecule is C=CCc1c(/C=C/c2ccc(O)c(OC)c2)cc(O)cc1OC. The number of benzene rings is 2. The van der Waals surface area contributed by atoms with Gasteiger partial charge in [-0.1, -0.05) is 24.3 Å². The van der Waals surface area contributed by atoms with Crippen LogP contribution in [-0.2, 0) is 6.42 Å². The summed E-state index contributed by atoms with van der Waals surface area (Å²) in [5.74, 6) is 1.26. The fraction of sp³-hybridized carbons (Fsp3) is 0.158. The Kier molecular flexibility index (Phi) is 5.31. The average Bonchev–Trinajstić information content (AvgIpc) is 2.55. The van der Waals surface area contributed by atoms with Crippen molar-refractivity contribution in [3.63, 3.8) is 0 Å². The molecule has 0 spiro atoms. The van der Waals surface area contributed by atoms with Crippen molar-refractivity contribution in [1.29, 1.82) is 0 Å². The normalized spacial score (nSPS) is 10.7. The number of aromatic hydroxyl groups is 2. The Morgan fingerprint density at radius 2 is 1.74 bits per heavy atom. The zero-order chi connectivity index (χ0) is 16.8. The maximum atomic E-state index is 9.84. The fourth-order valence-electron chi connectivity index (χ4n) is 2.33. The zero-order valence-electron chi connectivity index (χ0n) is 13.2. The summed E-state index contributed by atoms with van der Waals surface area (Å²) < 4.78 is 10.4. The van der Waals surface area contributed by atoms with Gasteiger partial charge in [0.15, 0.2) is 11.5 Å². The van der Waals surface area contributed by atoms with Gasteiger partial charge in [-0.2, -0.15) is 0 Å². The molecule has 4 heteroatoms. The summed E-state index contributed by atoms with van der Waals surface area (Å²) in [4.78, 5) is 0. The van der Waals surface area contributed by atoms with Gasteiger partial charge in [0, 0.05) is 11.6 Å². The van der Waals surface area contributed by atoms with Crippen molar-refractivity contribution in [2.24, 2.45) is 0 Å². The second-order valence-corrected chi connectivity index (χ2v) is 4.97. The molecular weight excluding hydrogens is 292 g/mol. The molecule has 0 radical (unpaired) electrons. The summed E-state index contributed by atoms with van der Waals surface area (Å²) in [5.41, 5.74) is 2.66. The van der Waals surface area contributed by atoms with E-state index >= 15 is 0 Å². The van der Waals surface area contributed by atoms with E-state index in [1.54, 1.807) is 43.5 Å². The van der Waals surface area contributed by atoms with E-state index in [0.29, 0.717) is 17.9 Å². The van der Waals surface area contributed by atoms with Gasteiger partial charge in [0.25, 0.3) is 0 Å². The van der Waals surface area contributed by atoms with Crippen LogP contribution in [-0.4, -0.2) is 24.4 Å². The first-order chi connectivity index (χ1) is 11.1. The number of ether oxygens (including phenoxy) is 2. The van der Waals surface area contributed by atoms with E-state index in [1.807, 2.05) is 12.2 Å². The van der Waals surface area contributed by atoms with E-state index in [1.165, 1.54) is 7.11 Å². The fourth-order valence-corrected chi connectivity index (χ4v) is 2.33. The van der Waals surface area contributed by atoms with Crippen LogP contribution in [0.25, 0.3) is 12.2 Å². The summed E-state index contributed by atoms with van der Waals surface area (Å²) in [5, 5.41) is 19.5. The Labute approximate surface area is 135 Å². The van der Waals surface area contributed by atoms with Crippen molar-refractivity contribution in [3.05, 3.63) is 59.7 Å². The maximum absolute atomic E-state index is 9.84. The molecule has 0 aromatic heterocycles. The van der Waals surface area contributed by atoms with E-state index in [9.17, 15) is 10.2 Å². The zero-order valence-corrected chi connectivity index (χ0v) is 13.2. The number of phenolic OH excluding ortho intramolecular Hbond substituents is 2. The molecule has 0 bridgehead atoms. The smallest absolute Gasteiger partial charge is 0.161 e. The van der Waals surface area contributed by atoms with Crippen molar-refractivity contribution < 1.29 is 19.7 Å². The van der Waals surface area contributed by atoms with Gasteiger partial charge in [0.2, 0.25) is 0 Å². The van der Waals surface area contributed by atoms with Crippen LogP contribution in [0.4, 0.5) is 0 Å². The van der Waals surface area contributed by atoms with E-state index in [-0.39, 0.29) is 11.5 Å². The summed E-state index contributed by atoms with van der Waals surface area (Å²) in [7, 11) is 3.07. The Hall–Kier alpha value is -2.88. The monoisotopic (exact) mass is 312 g/mol. The summed E-state index contributed by atoms with van der Waals surface area (Å²) in [6, 6.07) is 8.35. The third-order valence-electron chi connectivity index (χ3n) is 3.46. The highest BCUT2D eigenvalue weighted by molar-refractivity contribution is 5.74. The topological polar surface area (TPSA) is 58.9 Å². The van der Waals surface area contributed by atoms with Crippen molar-refractivity contribution in [1.82, 2.24) is 0 Å². The molecule has 2 aromatic rings. The van der Waals surface area contributed by atoms with Crippen LogP contribution in [0.5, 0.6) is 23.0 Å². The number of hydrogen-bond donors (Lipinski definition) is 2. The van der Waals surface area contributed by atoms with Crippen LogP contribution in [0.15, 0.2) is 43.0 Å². The molecule has 0 aliphatic rings. The van der Waals surface area contributed by atoms with E-state index < -0.39 is 0 Å². The average molecular weight is 312 g/mol. The quantitative estimate of drug-likeness (QED) is 0.625. The molecular formula is C19H20O4. The van der Waals surface area contributed by atoms with Crippen LogP contribution in [0, 0.1) is 0 Å². The first-order valence-corrected chi connectivity index (χ1v) is 7.15. The standard InChI is InChI=1S/C19H20O4/c1-4-5-16-14(11-15(20)12-18(16)22-2)8-6-13-7-9-17(21)19(10-13)23-3/h4,6-12,20-21H,1,5H2,2-3H3/b8-6+. The van der Waals surface area contributed by atoms with Gasteiger partial charge in [-0.3, -0.25) is 0 Å². The maximum Gasteiger partial charge on any atom is 0.161 e. The van der Waals surface area contributed by atoms with Crippen LogP contribution in [0.3, 0.4) is 0 Å². The Bertz CT molecular complexity index is 732. The molecule has 0 aliphatic heterocycles. The molecule has 0 saturated heterocycles. The van der Waals surface area contributed by atoms with Gasteiger partial charge in [0.05, 0.1) is 14.2 Å². The number of rotatable bonds is 6. The molecule has 0 amide bonds. The van der Waals surface area contributed by atoms with E-state index in [4.69, 9.17) is 9.47 Å². The molecule has 120 valence electrons. The molecule has 0 fully saturated rings. The Morgan fingerprint density at radius 3 is 2.39 bits per heavy atom. The Balaban J connectivity index is 2.42. The first kappa shape index (κ1) is 16.5. The highest BCUT2D eigenvalue weighted by atomic mass is 16.5. The molecule has 0 heterocycles. The Morgan fingerprint density at radius 1 is 1.00 bits per heavy atom. The highest BCUT2D eigenvalue weighted by Gasteiger charge is 2.09. The minimum Gasteiger partial charge on any atom is -0.508 e. The molecule has 2 rings (SSSR count). The summed E-state index contributed by atoms with van der Waals surface area (Å²) >= 11 is 0. The number of methoxy groups -OCH3 is 2. The third kappa shape index (κ3) is 3.86. The van der Waals surface area contributed by atoms with Crippen molar-refractivity contribution in [2.45, 2.75) is 6.42 Å². The van der Waals surface area contributed by atoms with E-state index in [0.717, 1.165) is 16.7 Å². The largest absolute Gasteiger partial charge is 0.508 e. The molecule has 0 atom stereocenters. The number of allylic oxidation sites excluding steroid dienone is 1. The summed E-state index contributed by atoms with van der Waals surface area (Å²) in [6.45, 7) is 3.76. The molecule has 4 nitrogen and oxygen atoms in total. The number of hydrogen-bond acceptors (Lipinski definition) is 4. The molecule has 2 aromatic carbocycles. The van der Waals surface area contributed by atoms with Gasteiger partial charge in [-0.15, -0.1) is 6.58 Å². The molecule has 0 unspecified atom stereocenters. The van der Waals surface area contributed by atoms with Crippen molar-refractivity contribution >= 4 is 12.2 Å². The van der Waals surface area contributed by atoms with Crippen LogP contribution in [0.2, 0.25) is 0 Å². The van der Waals surface area contributed by atoms with Gasteiger partial charge >= 0.3 is 0 Å². The van der Waals surface area contributed by atoms with Gasteiger partial charge in [-0.05, 0) is 35.7 Å². The van der Waals surface area contributed by atoms with Gasteiger partial charge in [0.1, 0.15) is 11.5 Å². The minimum atomic E-state index is 0.0935. The number of phenols is 2. The van der Waals surface area contributed by atoms with Crippen LogP contribution < -0.4 is 9.47 Å². The van der Waals surface area contributed by atoms with Gasteiger partial charge in [-0.25, -0.2) is 0 Å². The van der Waals surface area contributed by atoms with Crippen molar-refractivity contribution in [3.8, 4) is 23.0 Å². The summed E-state index contributed by atoms with van der Waals surface area (Å²) in [6.07, 6.45) is 6.17. The molecule has 0 saturated carbocycles. The van der Waals surface area contributed by atoms with E-state index in [2.05, 4.69) is 6.58 Å². The van der Waals surface area contributed by atoms with Gasteiger partial charge < -0.3 is 19.7 Å². The predicted molar refractivity (Wildman–Crippen MR) is 92.1 cm³/mol. The van der Waals surface area contributed by atoms with Crippen LogP contribution in [0.1, 0.15) is 16.7 Å². The van der Waals surface area contributed by atoms with Crippen LogP contribution >= 0.6 is 0 Å². The third-order valence-corrected chi connectivity index (χ3v) is 3.46. The second-order valence-electron chi connectivity index (χ2n) is 4.97. The van der Waals surface area contributed by atoms with Crippen molar-refractivity contribution in [2.75, 3.05) is 14.2 Å². The molecule has 0 aliphatic carbocycles. The lowest BCUT2D eigenvalue weighted by atomic mass is 10.0. The predicted octanol–water partition coefficient (Wildman–Crippen LogP) is 4.01. The molecule has 23 heavy (non-hydrogen) atoms. The first-order valence-electron chi connectivity index (χ1n) is 7.15. The lowest BCUT2D eigenvalue weighted by Crippen LogP contribution is -1.94. The lowest BCUT2D eigenvalue weighted by molar-refractivity contribution is 0.373. The minimum absolute atomic E-state index is 0.0935.